The highest BCUT2D eigenvalue weighted by atomic mass is 16.6. The summed E-state index contributed by atoms with van der Waals surface area (Å²) in [5, 5.41) is 0. The van der Waals surface area contributed by atoms with Crippen LogP contribution in [0.1, 0.15) is 119 Å². The molecule has 0 unspecified atom stereocenters. The van der Waals surface area contributed by atoms with Crippen molar-refractivity contribution in [3.8, 4) is 0 Å². The van der Waals surface area contributed by atoms with Crippen molar-refractivity contribution < 1.29 is 28.7 Å². The lowest BCUT2D eigenvalue weighted by Crippen LogP contribution is -2.58. The minimum Gasteiger partial charge on any atom is -0.451 e. The van der Waals surface area contributed by atoms with Crippen molar-refractivity contribution in [3.05, 3.63) is 59.3 Å². The van der Waals surface area contributed by atoms with Crippen molar-refractivity contribution in [1.29, 1.82) is 0 Å². The fraction of sp³-hybridized carbons (Fsp3) is 0.659. The van der Waals surface area contributed by atoms with Crippen LogP contribution in [0, 0.1) is 57.2 Å². The third-order valence-corrected chi connectivity index (χ3v) is 16.1. The monoisotopic (exact) mass is 680 g/mol. The summed E-state index contributed by atoms with van der Waals surface area (Å²) in [7, 11) is 0. The van der Waals surface area contributed by atoms with Crippen molar-refractivity contribution >= 4 is 29.1 Å². The Labute approximate surface area is 298 Å². The lowest BCUT2D eigenvalue weighted by molar-refractivity contribution is -0.185. The quantitative estimate of drug-likeness (QED) is 0.271. The molecule has 11 atom stereocenters. The van der Waals surface area contributed by atoms with Gasteiger partial charge in [-0.15, -0.1) is 0 Å². The van der Waals surface area contributed by atoms with E-state index in [1.807, 2.05) is 6.08 Å². The third kappa shape index (κ3) is 4.81. The number of Topliss-reactive ketones (excluding diaryl/α,β-unsaturated/α-hetero) is 2. The number of carbonyl (C=O) groups is 5. The predicted molar refractivity (Wildman–Crippen MR) is 193 cm³/mol. The molecule has 5 saturated carbocycles. The highest BCUT2D eigenvalue weighted by Crippen LogP contribution is 2.68. The number of ether oxygens (including phenoxy) is 1. The molecule has 50 heavy (non-hydrogen) atoms. The zero-order chi connectivity index (χ0) is 36.2. The molecule has 0 spiro atoms. The lowest BCUT2D eigenvalue weighted by atomic mass is 9.47. The molecule has 0 heterocycles. The van der Waals surface area contributed by atoms with E-state index in [4.69, 9.17) is 4.74 Å². The van der Waals surface area contributed by atoms with Crippen molar-refractivity contribution in [3.63, 3.8) is 0 Å². The summed E-state index contributed by atoms with van der Waals surface area (Å²) in [5.41, 5.74) is 3.24. The molecule has 6 heteroatoms. The number of hydrogen-bond donors (Lipinski definition) is 0. The zero-order valence-electron chi connectivity index (χ0n) is 31.3. The van der Waals surface area contributed by atoms with Gasteiger partial charge in [0.1, 0.15) is 5.78 Å². The van der Waals surface area contributed by atoms with Gasteiger partial charge in [-0.3, -0.25) is 24.0 Å². The molecule has 8 aliphatic carbocycles. The molecular weight excluding hydrogens is 624 g/mol. The van der Waals surface area contributed by atoms with Crippen LogP contribution in [-0.4, -0.2) is 34.7 Å². The summed E-state index contributed by atoms with van der Waals surface area (Å²) < 4.78 is 5.82. The number of fused-ring (bicyclic) bond motifs is 10. The summed E-state index contributed by atoms with van der Waals surface area (Å²) in [6.07, 6.45) is 19.7. The van der Waals surface area contributed by atoms with Gasteiger partial charge in [-0.25, -0.2) is 0 Å². The second-order valence-electron chi connectivity index (χ2n) is 18.2. The minimum absolute atomic E-state index is 0.0160. The van der Waals surface area contributed by atoms with Crippen molar-refractivity contribution in [2.75, 3.05) is 0 Å². The Balaban J connectivity index is 0.000000161. The Kier molecular flexibility index (Phi) is 8.24. The Morgan fingerprint density at radius 3 is 2.20 bits per heavy atom. The van der Waals surface area contributed by atoms with Gasteiger partial charge < -0.3 is 4.74 Å². The molecule has 0 aromatic heterocycles. The predicted octanol–water partition coefficient (Wildman–Crippen LogP) is 8.60. The van der Waals surface area contributed by atoms with Crippen LogP contribution in [0.5, 0.6) is 0 Å². The van der Waals surface area contributed by atoms with Crippen LogP contribution in [0.25, 0.3) is 0 Å². The van der Waals surface area contributed by atoms with Gasteiger partial charge >= 0.3 is 5.97 Å². The van der Waals surface area contributed by atoms with Gasteiger partial charge in [-0.05, 0) is 142 Å². The molecular formula is C44H56O6. The Hall–Kier alpha value is -3.15. The molecule has 0 aromatic rings. The number of rotatable bonds is 2. The summed E-state index contributed by atoms with van der Waals surface area (Å²) in [4.78, 5) is 60.9. The summed E-state index contributed by atoms with van der Waals surface area (Å²) in [6, 6.07) is 0. The fourth-order valence-corrected chi connectivity index (χ4v) is 13.5. The van der Waals surface area contributed by atoms with Crippen LogP contribution in [0.2, 0.25) is 0 Å². The van der Waals surface area contributed by atoms with Gasteiger partial charge in [0.05, 0.1) is 0 Å². The first-order valence-corrected chi connectivity index (χ1v) is 19.2. The number of esters is 1. The molecule has 0 amide bonds. The van der Waals surface area contributed by atoms with Crippen molar-refractivity contribution in [1.82, 2.24) is 0 Å². The second kappa shape index (κ2) is 11.7. The summed E-state index contributed by atoms with van der Waals surface area (Å²) in [6.45, 7) is 18.4. The smallest absolute Gasteiger partial charge is 0.303 e. The highest BCUT2D eigenvalue weighted by Gasteiger charge is 2.67. The maximum Gasteiger partial charge on any atom is 0.303 e. The van der Waals surface area contributed by atoms with E-state index in [-0.39, 0.29) is 45.0 Å². The van der Waals surface area contributed by atoms with Crippen molar-refractivity contribution in [2.24, 2.45) is 57.2 Å². The minimum atomic E-state index is -0.990. The second-order valence-corrected chi connectivity index (χ2v) is 18.2. The van der Waals surface area contributed by atoms with Gasteiger partial charge in [0, 0.05) is 36.0 Å². The van der Waals surface area contributed by atoms with E-state index in [0.29, 0.717) is 54.1 Å². The van der Waals surface area contributed by atoms with Crippen LogP contribution in [0.4, 0.5) is 0 Å². The van der Waals surface area contributed by atoms with E-state index in [9.17, 15) is 24.0 Å². The topological polar surface area (TPSA) is 94.6 Å². The first-order valence-electron chi connectivity index (χ1n) is 19.2. The number of ketones is 4. The first-order chi connectivity index (χ1) is 23.4. The maximum atomic E-state index is 12.8. The normalized spacial score (nSPS) is 45.6. The summed E-state index contributed by atoms with van der Waals surface area (Å²) >= 11 is 0. The third-order valence-electron chi connectivity index (χ3n) is 16.1. The Morgan fingerprint density at radius 2 is 1.50 bits per heavy atom. The van der Waals surface area contributed by atoms with Gasteiger partial charge in [-0.2, -0.15) is 0 Å². The number of carbonyl (C=O) groups excluding carboxylic acids is 5. The molecule has 0 N–H and O–H groups in total. The fourth-order valence-electron chi connectivity index (χ4n) is 13.5. The molecule has 5 fully saturated rings. The Morgan fingerprint density at radius 1 is 0.800 bits per heavy atom. The van der Waals surface area contributed by atoms with Crippen molar-refractivity contribution in [2.45, 2.75) is 125 Å². The molecule has 0 aliphatic heterocycles. The van der Waals surface area contributed by atoms with E-state index >= 15 is 0 Å². The van der Waals surface area contributed by atoms with Crippen LogP contribution in [0.15, 0.2) is 59.3 Å². The average molecular weight is 681 g/mol. The molecule has 0 aromatic carbocycles. The molecule has 8 rings (SSSR count). The molecule has 6 nitrogen and oxygen atoms in total. The van der Waals surface area contributed by atoms with Crippen LogP contribution in [-0.2, 0) is 28.7 Å². The molecule has 268 valence electrons. The molecule has 0 radical (unpaired) electrons. The van der Waals surface area contributed by atoms with Gasteiger partial charge in [0.2, 0.25) is 0 Å². The van der Waals surface area contributed by atoms with Gasteiger partial charge in [-0.1, -0.05) is 57.6 Å². The van der Waals surface area contributed by atoms with Crippen LogP contribution < -0.4 is 0 Å². The van der Waals surface area contributed by atoms with Crippen LogP contribution in [0.3, 0.4) is 0 Å². The zero-order valence-corrected chi connectivity index (χ0v) is 31.3. The van der Waals surface area contributed by atoms with E-state index in [1.165, 1.54) is 18.1 Å². The van der Waals surface area contributed by atoms with E-state index in [1.54, 1.807) is 19.1 Å². The van der Waals surface area contributed by atoms with Crippen LogP contribution >= 0.6 is 0 Å². The van der Waals surface area contributed by atoms with E-state index in [0.717, 1.165) is 68.9 Å². The molecule has 8 aliphatic rings. The largest absolute Gasteiger partial charge is 0.451 e. The first kappa shape index (κ1) is 35.3. The van der Waals surface area contributed by atoms with Gasteiger partial charge in [0.25, 0.3) is 0 Å². The van der Waals surface area contributed by atoms with E-state index < -0.39 is 5.60 Å². The Bertz CT molecular complexity index is 1720. The lowest BCUT2D eigenvalue weighted by Gasteiger charge is -2.58. The standard InChI is InChI=1S/C24H32O4.C20H24O2/c1-14-12-18-19(22(4)9-6-17(27)13-21(14)22)7-10-23(5)20(18)8-11-24(23,15(2)25)28-16(3)26;1-12-10-14-15-4-5-18(22)20(15,3)9-7-16(14)19(2)8-6-13(21)11-17(12)19/h12-13,18-20H,6-11H2,1-5H3;6,8,11,14-16H,1,4-5,7,9-10H2,2-3H3/t18-,19+,20+,22-,23+,24+;14-,15-,16-,19+,20-/m10/s1. The number of allylic oxidation sites excluding steroid dienone is 9. The molecule has 0 bridgehead atoms. The SMILES string of the molecule is C=C1C[C@@H]2[C@H](CC[C@]3(C)C(=O)CC[C@@H]23)[C@@]2(C)C=CC(=O)C=C12.CC(=O)O[C@]1(C(C)=O)CC[C@H]2[C@@H]3C=C(C)C4=CC(=O)CC[C@]4(C)[C@H]3CC[C@@]21C. The maximum absolute atomic E-state index is 12.8. The summed E-state index contributed by atoms with van der Waals surface area (Å²) in [5.74, 6) is 3.17. The average Bonchev–Trinajstić information content (AvgIpc) is 3.52. The molecule has 0 saturated heterocycles. The van der Waals surface area contributed by atoms with Gasteiger partial charge in [0.15, 0.2) is 23.0 Å². The number of hydrogen-bond acceptors (Lipinski definition) is 6. The van der Waals surface area contributed by atoms with E-state index in [2.05, 4.69) is 53.3 Å². The highest BCUT2D eigenvalue weighted by molar-refractivity contribution is 6.02.